The van der Waals surface area contributed by atoms with E-state index in [1.54, 1.807) is 6.20 Å². The van der Waals surface area contributed by atoms with E-state index in [-0.39, 0.29) is 6.10 Å². The number of hydrogen-bond acceptors (Lipinski definition) is 2. The summed E-state index contributed by atoms with van der Waals surface area (Å²) in [6, 6.07) is 0. The van der Waals surface area contributed by atoms with Crippen molar-refractivity contribution < 1.29 is 5.11 Å². The number of aliphatic hydroxyl groups is 1. The fourth-order valence-electron chi connectivity index (χ4n) is 3.03. The largest absolute Gasteiger partial charge is 0.393 e. The molecule has 1 N–H and O–H groups in total. The number of aliphatic hydroxyl groups excluding tert-OH is 1. The van der Waals surface area contributed by atoms with Gasteiger partial charge in [-0.25, -0.2) is 4.98 Å². The molecule has 1 fully saturated rings. The van der Waals surface area contributed by atoms with Crippen LogP contribution in [0.25, 0.3) is 0 Å². The Morgan fingerprint density at radius 2 is 2.24 bits per heavy atom. The van der Waals surface area contributed by atoms with E-state index >= 15 is 0 Å². The summed E-state index contributed by atoms with van der Waals surface area (Å²) in [5.74, 6) is 1.23. The maximum atomic E-state index is 10.2. The van der Waals surface area contributed by atoms with Gasteiger partial charge in [0, 0.05) is 18.9 Å². The minimum absolute atomic E-state index is 0.103. The fourth-order valence-corrected chi connectivity index (χ4v) is 3.03. The summed E-state index contributed by atoms with van der Waals surface area (Å²) < 4.78 is 2.08. The molecule has 0 bridgehead atoms. The van der Waals surface area contributed by atoms with Gasteiger partial charge in [-0.3, -0.25) is 0 Å². The molecule has 1 aromatic rings. The van der Waals surface area contributed by atoms with Crippen LogP contribution >= 0.6 is 0 Å². The second-order valence-electron chi connectivity index (χ2n) is 5.44. The predicted octanol–water partition coefficient (Wildman–Crippen LogP) is 2.85. The van der Waals surface area contributed by atoms with Crippen molar-refractivity contribution in [2.45, 2.75) is 58.1 Å². The molecule has 0 radical (unpaired) electrons. The number of imidazole rings is 1. The summed E-state index contributed by atoms with van der Waals surface area (Å²) in [6.07, 6.45) is 12.6. The lowest BCUT2D eigenvalue weighted by atomic mass is 9.76. The zero-order valence-electron chi connectivity index (χ0n) is 10.8. The highest BCUT2D eigenvalue weighted by atomic mass is 16.3. The highest BCUT2D eigenvalue weighted by Gasteiger charge is 2.27. The molecule has 1 aliphatic rings. The highest BCUT2D eigenvalue weighted by Crippen LogP contribution is 2.33. The van der Waals surface area contributed by atoms with Gasteiger partial charge in [0.2, 0.25) is 0 Å². The molecule has 3 nitrogen and oxygen atoms in total. The summed E-state index contributed by atoms with van der Waals surface area (Å²) in [5, 5.41) is 10.2. The van der Waals surface area contributed by atoms with E-state index in [4.69, 9.17) is 0 Å². The topological polar surface area (TPSA) is 38.0 Å². The Morgan fingerprint density at radius 3 is 2.94 bits per heavy atom. The Kier molecular flexibility index (Phi) is 4.60. The zero-order chi connectivity index (χ0) is 12.1. The molecule has 1 aliphatic carbocycles. The van der Waals surface area contributed by atoms with E-state index in [0.29, 0.717) is 11.8 Å². The first kappa shape index (κ1) is 12.6. The van der Waals surface area contributed by atoms with Crippen LogP contribution in [0.15, 0.2) is 18.7 Å². The van der Waals surface area contributed by atoms with Crippen molar-refractivity contribution in [1.29, 1.82) is 0 Å². The molecule has 0 saturated heterocycles. The van der Waals surface area contributed by atoms with Crippen molar-refractivity contribution in [1.82, 2.24) is 9.55 Å². The summed E-state index contributed by atoms with van der Waals surface area (Å²) in [4.78, 5) is 4.02. The smallest absolute Gasteiger partial charge is 0.0945 e. The first-order valence-corrected chi connectivity index (χ1v) is 6.91. The van der Waals surface area contributed by atoms with E-state index in [2.05, 4.69) is 16.5 Å². The second kappa shape index (κ2) is 6.20. The molecule has 0 spiro atoms. The number of hydrogen-bond donors (Lipinski definition) is 1. The SMILES string of the molecule is CC1CCCCC1C(O)CCCn1ccnc1. The van der Waals surface area contributed by atoms with Crippen LogP contribution in [0.3, 0.4) is 0 Å². The Balaban J connectivity index is 1.71. The predicted molar refractivity (Wildman–Crippen MR) is 68.6 cm³/mol. The second-order valence-corrected chi connectivity index (χ2v) is 5.44. The molecule has 3 atom stereocenters. The van der Waals surface area contributed by atoms with E-state index in [9.17, 15) is 5.11 Å². The molecule has 1 heterocycles. The van der Waals surface area contributed by atoms with Gasteiger partial charge in [-0.2, -0.15) is 0 Å². The molecule has 3 heteroatoms. The molecule has 0 amide bonds. The standard InChI is InChI=1S/C14H24N2O/c1-12-5-2-3-6-13(12)14(17)7-4-9-16-10-8-15-11-16/h8,10-14,17H,2-7,9H2,1H3. The lowest BCUT2D eigenvalue weighted by Gasteiger charge is -2.32. The van der Waals surface area contributed by atoms with Gasteiger partial charge >= 0.3 is 0 Å². The van der Waals surface area contributed by atoms with Crippen LogP contribution in [0.1, 0.15) is 45.4 Å². The van der Waals surface area contributed by atoms with Gasteiger partial charge in [-0.05, 0) is 31.1 Å². The lowest BCUT2D eigenvalue weighted by Crippen LogP contribution is -2.29. The van der Waals surface area contributed by atoms with Gasteiger partial charge in [-0.1, -0.05) is 26.2 Å². The average Bonchev–Trinajstić information content (AvgIpc) is 2.82. The van der Waals surface area contributed by atoms with Crippen LogP contribution in [0.4, 0.5) is 0 Å². The molecular weight excluding hydrogens is 212 g/mol. The summed E-state index contributed by atoms with van der Waals surface area (Å²) in [5.41, 5.74) is 0. The van der Waals surface area contributed by atoms with Gasteiger partial charge in [0.1, 0.15) is 0 Å². The van der Waals surface area contributed by atoms with Crippen molar-refractivity contribution in [3.05, 3.63) is 18.7 Å². The maximum absolute atomic E-state index is 10.2. The molecule has 1 aromatic heterocycles. The fraction of sp³-hybridized carbons (Fsp3) is 0.786. The monoisotopic (exact) mass is 236 g/mol. The normalized spacial score (nSPS) is 26.9. The Hall–Kier alpha value is -0.830. The summed E-state index contributed by atoms with van der Waals surface area (Å²) >= 11 is 0. The van der Waals surface area contributed by atoms with Crippen LogP contribution < -0.4 is 0 Å². The molecule has 1 saturated carbocycles. The third-order valence-corrected chi connectivity index (χ3v) is 4.15. The Bertz CT molecular complexity index is 310. The summed E-state index contributed by atoms with van der Waals surface area (Å²) in [7, 11) is 0. The third kappa shape index (κ3) is 3.56. The number of rotatable bonds is 5. The average molecular weight is 236 g/mol. The van der Waals surface area contributed by atoms with E-state index < -0.39 is 0 Å². The number of nitrogens with zero attached hydrogens (tertiary/aromatic N) is 2. The van der Waals surface area contributed by atoms with Crippen LogP contribution in [-0.4, -0.2) is 20.8 Å². The zero-order valence-corrected chi connectivity index (χ0v) is 10.8. The van der Waals surface area contributed by atoms with Gasteiger partial charge in [-0.15, -0.1) is 0 Å². The van der Waals surface area contributed by atoms with Crippen LogP contribution in [0.5, 0.6) is 0 Å². The minimum atomic E-state index is -0.103. The van der Waals surface area contributed by atoms with Crippen LogP contribution in [0, 0.1) is 11.8 Å². The van der Waals surface area contributed by atoms with Crippen molar-refractivity contribution in [3.8, 4) is 0 Å². The first-order chi connectivity index (χ1) is 8.27. The van der Waals surface area contributed by atoms with Crippen molar-refractivity contribution in [2.75, 3.05) is 0 Å². The molecule has 3 unspecified atom stereocenters. The van der Waals surface area contributed by atoms with E-state index in [0.717, 1.165) is 19.4 Å². The Labute approximate surface area is 104 Å². The number of aromatic nitrogens is 2. The maximum Gasteiger partial charge on any atom is 0.0945 e. The van der Waals surface area contributed by atoms with E-state index in [1.807, 2.05) is 12.5 Å². The summed E-state index contributed by atoms with van der Waals surface area (Å²) in [6.45, 7) is 3.26. The van der Waals surface area contributed by atoms with Gasteiger partial charge in [0.05, 0.1) is 12.4 Å². The lowest BCUT2D eigenvalue weighted by molar-refractivity contribution is 0.0451. The third-order valence-electron chi connectivity index (χ3n) is 4.15. The first-order valence-electron chi connectivity index (χ1n) is 6.91. The quantitative estimate of drug-likeness (QED) is 0.853. The van der Waals surface area contributed by atoms with Crippen molar-refractivity contribution in [3.63, 3.8) is 0 Å². The van der Waals surface area contributed by atoms with Crippen LogP contribution in [-0.2, 0) is 6.54 Å². The van der Waals surface area contributed by atoms with Crippen molar-refractivity contribution >= 4 is 0 Å². The van der Waals surface area contributed by atoms with Crippen molar-refractivity contribution in [2.24, 2.45) is 11.8 Å². The molecule has 2 rings (SSSR count). The molecular formula is C14H24N2O. The molecule has 0 aromatic carbocycles. The van der Waals surface area contributed by atoms with Gasteiger partial charge < -0.3 is 9.67 Å². The van der Waals surface area contributed by atoms with Gasteiger partial charge in [0.25, 0.3) is 0 Å². The molecule has 17 heavy (non-hydrogen) atoms. The number of aryl methyl sites for hydroxylation is 1. The minimum Gasteiger partial charge on any atom is -0.393 e. The van der Waals surface area contributed by atoms with Crippen LogP contribution in [0.2, 0.25) is 0 Å². The van der Waals surface area contributed by atoms with E-state index in [1.165, 1.54) is 25.7 Å². The molecule has 0 aliphatic heterocycles. The highest BCUT2D eigenvalue weighted by molar-refractivity contribution is 4.79. The Morgan fingerprint density at radius 1 is 1.41 bits per heavy atom. The van der Waals surface area contributed by atoms with Gasteiger partial charge in [0.15, 0.2) is 0 Å². The molecule has 96 valence electrons.